The number of hydrogen-bond donors (Lipinski definition) is 0. The minimum absolute atomic E-state index is 0.0344. The first-order chi connectivity index (χ1) is 8.08. The summed E-state index contributed by atoms with van der Waals surface area (Å²) in [5, 5.41) is 0. The Hall–Kier alpha value is -1.71. The standard InChI is InChI=1S/C13H17NO3/c1-8-13-9(6-12(15)14(8)2)5-10(16-3)7-11(13)17-4/h5,7-8H,6H2,1-4H3/t8-/m1/s1. The molecule has 1 aromatic rings. The monoisotopic (exact) mass is 235 g/mol. The summed E-state index contributed by atoms with van der Waals surface area (Å²) in [6.07, 6.45) is 0.406. The summed E-state index contributed by atoms with van der Waals surface area (Å²) in [6.45, 7) is 2.00. The third-order valence-corrected chi connectivity index (χ3v) is 3.39. The number of amides is 1. The number of nitrogens with zero attached hydrogens (tertiary/aromatic N) is 1. The molecule has 4 heteroatoms. The van der Waals surface area contributed by atoms with E-state index in [0.29, 0.717) is 6.42 Å². The third-order valence-electron chi connectivity index (χ3n) is 3.39. The van der Waals surface area contributed by atoms with Crippen LogP contribution < -0.4 is 9.47 Å². The van der Waals surface area contributed by atoms with Crippen molar-refractivity contribution in [3.05, 3.63) is 23.3 Å². The number of benzene rings is 1. The highest BCUT2D eigenvalue weighted by atomic mass is 16.5. The maximum Gasteiger partial charge on any atom is 0.227 e. The maximum absolute atomic E-state index is 11.8. The molecule has 0 unspecified atom stereocenters. The van der Waals surface area contributed by atoms with E-state index in [1.165, 1.54) is 0 Å². The van der Waals surface area contributed by atoms with Crippen LogP contribution in [-0.4, -0.2) is 32.1 Å². The lowest BCUT2D eigenvalue weighted by Crippen LogP contribution is -2.36. The molecule has 92 valence electrons. The van der Waals surface area contributed by atoms with Crippen LogP contribution in [0.15, 0.2) is 12.1 Å². The fraction of sp³-hybridized carbons (Fsp3) is 0.462. The highest BCUT2D eigenvalue weighted by molar-refractivity contribution is 5.82. The number of likely N-dealkylation sites (N-methyl/N-ethyl adjacent to an activating group) is 1. The van der Waals surface area contributed by atoms with Gasteiger partial charge in [0.1, 0.15) is 11.5 Å². The molecule has 0 saturated carbocycles. The number of ether oxygens (including phenoxy) is 2. The molecule has 0 bridgehead atoms. The van der Waals surface area contributed by atoms with Crippen LogP contribution in [0.5, 0.6) is 11.5 Å². The van der Waals surface area contributed by atoms with E-state index in [1.807, 2.05) is 26.1 Å². The van der Waals surface area contributed by atoms with Crippen molar-refractivity contribution in [2.45, 2.75) is 19.4 Å². The lowest BCUT2D eigenvalue weighted by Gasteiger charge is -2.33. The summed E-state index contributed by atoms with van der Waals surface area (Å²) in [5.41, 5.74) is 2.08. The molecule has 17 heavy (non-hydrogen) atoms. The van der Waals surface area contributed by atoms with Gasteiger partial charge in [-0.3, -0.25) is 4.79 Å². The molecule has 0 aliphatic carbocycles. The molecule has 0 aromatic heterocycles. The second-order valence-corrected chi connectivity index (χ2v) is 4.26. The smallest absolute Gasteiger partial charge is 0.227 e. The Bertz CT molecular complexity index is 456. The van der Waals surface area contributed by atoms with Crippen LogP contribution in [0.25, 0.3) is 0 Å². The van der Waals surface area contributed by atoms with Crippen molar-refractivity contribution >= 4 is 5.91 Å². The van der Waals surface area contributed by atoms with Gasteiger partial charge in [0.2, 0.25) is 5.91 Å². The first-order valence-electron chi connectivity index (χ1n) is 5.59. The van der Waals surface area contributed by atoms with E-state index in [0.717, 1.165) is 22.6 Å². The quantitative estimate of drug-likeness (QED) is 0.784. The molecule has 1 aliphatic rings. The lowest BCUT2D eigenvalue weighted by atomic mass is 9.92. The number of carbonyl (C=O) groups is 1. The van der Waals surface area contributed by atoms with E-state index in [4.69, 9.17) is 9.47 Å². The minimum atomic E-state index is 0.0344. The van der Waals surface area contributed by atoms with Crippen molar-refractivity contribution in [3.8, 4) is 11.5 Å². The number of hydrogen-bond acceptors (Lipinski definition) is 3. The topological polar surface area (TPSA) is 38.8 Å². The molecule has 0 saturated heterocycles. The van der Waals surface area contributed by atoms with E-state index < -0.39 is 0 Å². The summed E-state index contributed by atoms with van der Waals surface area (Å²) >= 11 is 0. The number of carbonyl (C=O) groups excluding carboxylic acids is 1. The predicted octanol–water partition coefficient (Wildman–Crippen LogP) is 1.78. The molecule has 2 rings (SSSR count). The average Bonchev–Trinajstić information content (AvgIpc) is 2.34. The minimum Gasteiger partial charge on any atom is -0.497 e. The van der Waals surface area contributed by atoms with Crippen molar-refractivity contribution < 1.29 is 14.3 Å². The summed E-state index contributed by atoms with van der Waals surface area (Å²) < 4.78 is 10.6. The fourth-order valence-corrected chi connectivity index (χ4v) is 2.26. The lowest BCUT2D eigenvalue weighted by molar-refractivity contribution is -0.132. The third kappa shape index (κ3) is 1.84. The summed E-state index contributed by atoms with van der Waals surface area (Å²) in [7, 11) is 5.07. The summed E-state index contributed by atoms with van der Waals surface area (Å²) in [6, 6.07) is 3.81. The van der Waals surface area contributed by atoms with Gasteiger partial charge in [0.15, 0.2) is 0 Å². The van der Waals surface area contributed by atoms with Crippen LogP contribution in [-0.2, 0) is 11.2 Å². The normalized spacial score (nSPS) is 18.9. The molecule has 0 N–H and O–H groups in total. The molecular formula is C13H17NO3. The maximum atomic E-state index is 11.8. The van der Waals surface area contributed by atoms with Gasteiger partial charge >= 0.3 is 0 Å². The zero-order valence-electron chi connectivity index (χ0n) is 10.6. The van der Waals surface area contributed by atoms with Gasteiger partial charge in [0.25, 0.3) is 0 Å². The Morgan fingerprint density at radius 2 is 2.00 bits per heavy atom. The molecule has 1 aromatic carbocycles. The van der Waals surface area contributed by atoms with E-state index in [2.05, 4.69) is 0 Å². The molecule has 0 radical (unpaired) electrons. The zero-order chi connectivity index (χ0) is 12.6. The fourth-order valence-electron chi connectivity index (χ4n) is 2.26. The summed E-state index contributed by atoms with van der Waals surface area (Å²) in [5.74, 6) is 1.64. The number of fused-ring (bicyclic) bond motifs is 1. The van der Waals surface area contributed by atoms with Gasteiger partial charge in [-0.15, -0.1) is 0 Å². The van der Waals surface area contributed by atoms with Gasteiger partial charge in [-0.1, -0.05) is 0 Å². The van der Waals surface area contributed by atoms with Crippen molar-refractivity contribution in [2.75, 3.05) is 21.3 Å². The molecule has 1 atom stereocenters. The van der Waals surface area contributed by atoms with E-state index >= 15 is 0 Å². The molecule has 1 heterocycles. The van der Waals surface area contributed by atoms with Crippen LogP contribution in [0.2, 0.25) is 0 Å². The molecule has 0 spiro atoms. The molecule has 4 nitrogen and oxygen atoms in total. The first kappa shape index (κ1) is 11.8. The van der Waals surface area contributed by atoms with Gasteiger partial charge in [0.05, 0.1) is 26.7 Å². The highest BCUT2D eigenvalue weighted by Gasteiger charge is 2.30. The Kier molecular flexibility index (Phi) is 2.96. The van der Waals surface area contributed by atoms with Gasteiger partial charge in [-0.25, -0.2) is 0 Å². The van der Waals surface area contributed by atoms with Gasteiger partial charge in [-0.2, -0.15) is 0 Å². The van der Waals surface area contributed by atoms with Gasteiger partial charge < -0.3 is 14.4 Å². The zero-order valence-corrected chi connectivity index (χ0v) is 10.6. The summed E-state index contributed by atoms with van der Waals surface area (Å²) in [4.78, 5) is 13.6. The largest absolute Gasteiger partial charge is 0.497 e. The Morgan fingerprint density at radius 3 is 2.59 bits per heavy atom. The van der Waals surface area contributed by atoms with Crippen LogP contribution in [0.3, 0.4) is 0 Å². The first-order valence-corrected chi connectivity index (χ1v) is 5.59. The van der Waals surface area contributed by atoms with Crippen LogP contribution in [0.1, 0.15) is 24.1 Å². The molecule has 1 aliphatic heterocycles. The number of rotatable bonds is 2. The van der Waals surface area contributed by atoms with Crippen LogP contribution >= 0.6 is 0 Å². The Labute approximate surface area is 101 Å². The molecule has 1 amide bonds. The Balaban J connectivity index is 2.58. The van der Waals surface area contributed by atoms with Crippen molar-refractivity contribution in [3.63, 3.8) is 0 Å². The molecular weight excluding hydrogens is 218 g/mol. The van der Waals surface area contributed by atoms with E-state index in [1.54, 1.807) is 19.1 Å². The SMILES string of the molecule is COc1cc2c(c(OC)c1)[C@@H](C)N(C)C(=O)C2. The van der Waals surface area contributed by atoms with Gasteiger partial charge in [0, 0.05) is 18.7 Å². The van der Waals surface area contributed by atoms with Crippen molar-refractivity contribution in [2.24, 2.45) is 0 Å². The average molecular weight is 235 g/mol. The second-order valence-electron chi connectivity index (χ2n) is 4.26. The van der Waals surface area contributed by atoms with Crippen molar-refractivity contribution in [1.29, 1.82) is 0 Å². The highest BCUT2D eigenvalue weighted by Crippen LogP contribution is 2.38. The molecule has 0 fully saturated rings. The van der Waals surface area contributed by atoms with Crippen LogP contribution in [0.4, 0.5) is 0 Å². The number of methoxy groups -OCH3 is 2. The van der Waals surface area contributed by atoms with Crippen LogP contribution in [0, 0.1) is 0 Å². The van der Waals surface area contributed by atoms with E-state index in [9.17, 15) is 4.79 Å². The van der Waals surface area contributed by atoms with Crippen molar-refractivity contribution in [1.82, 2.24) is 4.90 Å². The van der Waals surface area contributed by atoms with Gasteiger partial charge in [-0.05, 0) is 18.6 Å². The second kappa shape index (κ2) is 4.28. The van der Waals surface area contributed by atoms with E-state index in [-0.39, 0.29) is 11.9 Å². The Morgan fingerprint density at radius 1 is 1.29 bits per heavy atom. The predicted molar refractivity (Wildman–Crippen MR) is 64.4 cm³/mol.